The molecular weight excluding hydrogens is 248 g/mol. The van der Waals surface area contributed by atoms with Gasteiger partial charge in [-0.2, -0.15) is 0 Å². The minimum atomic E-state index is -0.835. The number of rotatable bonds is 11. The largest absolute Gasteiger partial charge is 0.481 e. The molecule has 0 aromatic heterocycles. The van der Waals surface area contributed by atoms with E-state index in [-0.39, 0.29) is 18.4 Å². The second kappa shape index (κ2) is 11.8. The second-order valence-corrected chi connectivity index (χ2v) is 4.47. The molecule has 0 bridgehead atoms. The molecule has 0 fully saturated rings. The predicted octanol–water partition coefficient (Wildman–Crippen LogP) is 1.60. The first-order chi connectivity index (χ1) is 9.10. The van der Waals surface area contributed by atoms with Gasteiger partial charge in [0.1, 0.15) is 0 Å². The second-order valence-electron chi connectivity index (χ2n) is 4.47. The number of hydrogen-bond acceptors (Lipinski definition) is 3. The highest BCUT2D eigenvalue weighted by Crippen LogP contribution is 2.06. The number of amides is 2. The van der Waals surface area contributed by atoms with Crippen molar-refractivity contribution in [2.75, 3.05) is 26.3 Å². The number of nitrogens with one attached hydrogen (secondary N) is 2. The Balaban J connectivity index is 3.54. The van der Waals surface area contributed by atoms with Gasteiger partial charge in [-0.05, 0) is 12.3 Å². The number of carboxylic acids is 1. The van der Waals surface area contributed by atoms with E-state index in [0.717, 1.165) is 25.9 Å². The zero-order chi connectivity index (χ0) is 14.5. The topological polar surface area (TPSA) is 87.7 Å². The lowest BCUT2D eigenvalue weighted by Gasteiger charge is -2.14. The van der Waals surface area contributed by atoms with Gasteiger partial charge in [0.2, 0.25) is 0 Å². The van der Waals surface area contributed by atoms with Gasteiger partial charge in [-0.15, -0.1) is 0 Å². The van der Waals surface area contributed by atoms with E-state index in [1.807, 2.05) is 6.92 Å². The van der Waals surface area contributed by atoms with Crippen LogP contribution in [0.3, 0.4) is 0 Å². The Kier molecular flexibility index (Phi) is 11.0. The Labute approximate surface area is 114 Å². The van der Waals surface area contributed by atoms with Gasteiger partial charge in [0.15, 0.2) is 0 Å². The molecule has 0 spiro atoms. The summed E-state index contributed by atoms with van der Waals surface area (Å²) >= 11 is 0. The van der Waals surface area contributed by atoms with Crippen LogP contribution in [0.1, 0.15) is 39.5 Å². The van der Waals surface area contributed by atoms with E-state index in [2.05, 4.69) is 17.6 Å². The van der Waals surface area contributed by atoms with Gasteiger partial charge in [-0.25, -0.2) is 4.79 Å². The van der Waals surface area contributed by atoms with Crippen LogP contribution in [0.25, 0.3) is 0 Å². The van der Waals surface area contributed by atoms with Crippen molar-refractivity contribution in [1.82, 2.24) is 10.6 Å². The van der Waals surface area contributed by atoms with Crippen LogP contribution < -0.4 is 10.6 Å². The fourth-order valence-electron chi connectivity index (χ4n) is 1.49. The van der Waals surface area contributed by atoms with Crippen LogP contribution >= 0.6 is 0 Å². The van der Waals surface area contributed by atoms with E-state index < -0.39 is 5.97 Å². The molecule has 112 valence electrons. The van der Waals surface area contributed by atoms with E-state index in [1.54, 1.807) is 0 Å². The number of carboxylic acid groups (broad SMARTS) is 1. The quantitative estimate of drug-likeness (QED) is 0.499. The zero-order valence-electron chi connectivity index (χ0n) is 11.9. The van der Waals surface area contributed by atoms with Crippen LogP contribution in [-0.2, 0) is 9.53 Å². The van der Waals surface area contributed by atoms with Crippen LogP contribution in [0.5, 0.6) is 0 Å². The van der Waals surface area contributed by atoms with Gasteiger partial charge in [0, 0.05) is 26.1 Å². The fraction of sp³-hybridized carbons (Fsp3) is 0.846. The number of unbranched alkanes of at least 4 members (excludes halogenated alkanes) is 1. The first-order valence-corrected chi connectivity index (χ1v) is 6.91. The molecule has 0 saturated carbocycles. The standard InChI is InChI=1S/C13H26N2O4/c1-3-5-7-19-8-6-14-13(18)15-10-11(4-2)9-12(16)17/h11H,3-10H2,1-2H3,(H,16,17)(H2,14,15,18). The maximum atomic E-state index is 11.4. The highest BCUT2D eigenvalue weighted by molar-refractivity contribution is 5.74. The molecular formula is C13H26N2O4. The minimum absolute atomic E-state index is 0.0240. The maximum absolute atomic E-state index is 11.4. The fourth-order valence-corrected chi connectivity index (χ4v) is 1.49. The summed E-state index contributed by atoms with van der Waals surface area (Å²) in [5, 5.41) is 14.0. The summed E-state index contributed by atoms with van der Waals surface area (Å²) in [5.74, 6) is -0.859. The Morgan fingerprint density at radius 1 is 1.21 bits per heavy atom. The smallest absolute Gasteiger partial charge is 0.314 e. The van der Waals surface area contributed by atoms with Crippen molar-refractivity contribution >= 4 is 12.0 Å². The van der Waals surface area contributed by atoms with Gasteiger partial charge in [0.05, 0.1) is 6.61 Å². The van der Waals surface area contributed by atoms with Crippen LogP contribution in [0.2, 0.25) is 0 Å². The lowest BCUT2D eigenvalue weighted by molar-refractivity contribution is -0.138. The molecule has 0 radical (unpaired) electrons. The number of hydrogen-bond donors (Lipinski definition) is 3. The van der Waals surface area contributed by atoms with Gasteiger partial charge >= 0.3 is 12.0 Å². The lowest BCUT2D eigenvalue weighted by Crippen LogP contribution is -2.40. The van der Waals surface area contributed by atoms with E-state index in [4.69, 9.17) is 9.84 Å². The highest BCUT2D eigenvalue weighted by Gasteiger charge is 2.12. The third kappa shape index (κ3) is 11.5. The molecule has 6 heteroatoms. The van der Waals surface area contributed by atoms with Crippen molar-refractivity contribution < 1.29 is 19.4 Å². The van der Waals surface area contributed by atoms with Gasteiger partial charge in [-0.3, -0.25) is 4.79 Å². The first kappa shape index (κ1) is 17.7. The molecule has 0 aromatic carbocycles. The van der Waals surface area contributed by atoms with Gasteiger partial charge in [0.25, 0.3) is 0 Å². The summed E-state index contributed by atoms with van der Waals surface area (Å²) in [6.45, 7) is 6.07. The maximum Gasteiger partial charge on any atom is 0.314 e. The Morgan fingerprint density at radius 2 is 1.95 bits per heavy atom. The minimum Gasteiger partial charge on any atom is -0.481 e. The number of ether oxygens (including phenoxy) is 1. The molecule has 0 rings (SSSR count). The molecule has 6 nitrogen and oxygen atoms in total. The van der Waals surface area contributed by atoms with E-state index in [1.165, 1.54) is 0 Å². The molecule has 1 atom stereocenters. The van der Waals surface area contributed by atoms with Crippen LogP contribution in [0, 0.1) is 5.92 Å². The molecule has 0 aliphatic carbocycles. The Hall–Kier alpha value is -1.30. The first-order valence-electron chi connectivity index (χ1n) is 6.91. The third-order valence-electron chi connectivity index (χ3n) is 2.77. The molecule has 19 heavy (non-hydrogen) atoms. The molecule has 3 N–H and O–H groups in total. The van der Waals surface area contributed by atoms with Gasteiger partial charge < -0.3 is 20.5 Å². The molecule has 0 saturated heterocycles. The third-order valence-corrected chi connectivity index (χ3v) is 2.77. The van der Waals surface area contributed by atoms with E-state index in [0.29, 0.717) is 19.7 Å². The van der Waals surface area contributed by atoms with Crippen LogP contribution in [-0.4, -0.2) is 43.4 Å². The predicted molar refractivity (Wildman–Crippen MR) is 73.2 cm³/mol. The number of urea groups is 1. The summed E-state index contributed by atoms with van der Waals surface area (Å²) in [4.78, 5) is 22.0. The summed E-state index contributed by atoms with van der Waals surface area (Å²) in [6, 6.07) is -0.275. The molecule has 2 amide bonds. The Bertz CT molecular complexity index is 259. The summed E-state index contributed by atoms with van der Waals surface area (Å²) in [5.41, 5.74) is 0. The number of carbonyl (C=O) groups excluding carboxylic acids is 1. The van der Waals surface area contributed by atoms with Crippen molar-refractivity contribution in [3.63, 3.8) is 0 Å². The number of carbonyl (C=O) groups is 2. The molecule has 0 aliphatic heterocycles. The summed E-state index contributed by atoms with van der Waals surface area (Å²) < 4.78 is 5.30. The van der Waals surface area contributed by atoms with Crippen molar-refractivity contribution in [3.05, 3.63) is 0 Å². The summed E-state index contributed by atoms with van der Waals surface area (Å²) in [7, 11) is 0. The van der Waals surface area contributed by atoms with Crippen molar-refractivity contribution in [2.24, 2.45) is 5.92 Å². The van der Waals surface area contributed by atoms with Crippen molar-refractivity contribution in [3.8, 4) is 0 Å². The summed E-state index contributed by atoms with van der Waals surface area (Å²) in [6.07, 6.45) is 2.93. The van der Waals surface area contributed by atoms with E-state index >= 15 is 0 Å². The SMILES string of the molecule is CCCCOCCNC(=O)NCC(CC)CC(=O)O. The van der Waals surface area contributed by atoms with Crippen LogP contribution in [0.15, 0.2) is 0 Å². The van der Waals surface area contributed by atoms with Crippen molar-refractivity contribution in [1.29, 1.82) is 0 Å². The number of aliphatic carboxylic acids is 1. The molecule has 0 aromatic rings. The van der Waals surface area contributed by atoms with E-state index in [9.17, 15) is 9.59 Å². The Morgan fingerprint density at radius 3 is 2.53 bits per heavy atom. The monoisotopic (exact) mass is 274 g/mol. The van der Waals surface area contributed by atoms with Gasteiger partial charge in [-0.1, -0.05) is 26.7 Å². The van der Waals surface area contributed by atoms with Crippen LogP contribution in [0.4, 0.5) is 4.79 Å². The van der Waals surface area contributed by atoms with Crippen molar-refractivity contribution in [2.45, 2.75) is 39.5 Å². The molecule has 1 unspecified atom stereocenters. The normalized spacial score (nSPS) is 11.9. The lowest BCUT2D eigenvalue weighted by atomic mass is 10.0. The molecule has 0 aliphatic rings. The average molecular weight is 274 g/mol. The molecule has 0 heterocycles. The highest BCUT2D eigenvalue weighted by atomic mass is 16.5. The average Bonchev–Trinajstić information content (AvgIpc) is 2.38. The zero-order valence-corrected chi connectivity index (χ0v) is 11.9.